The first-order chi connectivity index (χ1) is 9.08. The highest BCUT2D eigenvalue weighted by atomic mass is 32.2. The van der Waals surface area contributed by atoms with Crippen molar-refractivity contribution in [1.82, 2.24) is 4.90 Å². The van der Waals surface area contributed by atoms with Crippen LogP contribution in [-0.4, -0.2) is 49.0 Å². The van der Waals surface area contributed by atoms with Crippen molar-refractivity contribution in [3.8, 4) is 0 Å². The van der Waals surface area contributed by atoms with Crippen LogP contribution < -0.4 is 10.6 Å². The number of carbonyl (C=O) groups is 1. The lowest BCUT2D eigenvalue weighted by Gasteiger charge is -2.26. The lowest BCUT2D eigenvalue weighted by Crippen LogP contribution is -2.41. The predicted molar refractivity (Wildman–Crippen MR) is 82.6 cm³/mol. The van der Waals surface area contributed by atoms with Crippen molar-refractivity contribution in [2.75, 3.05) is 42.8 Å². The molecule has 0 saturated carbocycles. The van der Waals surface area contributed by atoms with Gasteiger partial charge in [-0.3, -0.25) is 9.69 Å². The largest absolute Gasteiger partial charge is 0.399 e. The van der Waals surface area contributed by atoms with E-state index < -0.39 is 0 Å². The SMILES string of the molecule is CN(C(=O)CN(C)C1CCSC1)c1ccc(N)cc1. The van der Waals surface area contributed by atoms with Crippen LogP contribution in [0.3, 0.4) is 0 Å². The third-order valence-electron chi connectivity index (χ3n) is 3.57. The monoisotopic (exact) mass is 279 g/mol. The lowest BCUT2D eigenvalue weighted by molar-refractivity contribution is -0.119. The molecular formula is C14H21N3OS. The summed E-state index contributed by atoms with van der Waals surface area (Å²) in [5, 5.41) is 0. The lowest BCUT2D eigenvalue weighted by atomic mass is 10.2. The average Bonchev–Trinajstić information content (AvgIpc) is 2.92. The molecule has 0 aliphatic carbocycles. The van der Waals surface area contributed by atoms with E-state index in [2.05, 4.69) is 4.90 Å². The van der Waals surface area contributed by atoms with Gasteiger partial charge in [-0.1, -0.05) is 0 Å². The molecule has 1 aromatic rings. The summed E-state index contributed by atoms with van der Waals surface area (Å²) in [6.07, 6.45) is 1.18. The Morgan fingerprint density at radius 1 is 1.37 bits per heavy atom. The third kappa shape index (κ3) is 3.64. The number of likely N-dealkylation sites (N-methyl/N-ethyl adjacent to an activating group) is 2. The van der Waals surface area contributed by atoms with E-state index in [4.69, 9.17) is 5.73 Å². The molecule has 104 valence electrons. The van der Waals surface area contributed by atoms with E-state index in [1.807, 2.05) is 50.1 Å². The fraction of sp³-hybridized carbons (Fsp3) is 0.500. The summed E-state index contributed by atoms with van der Waals surface area (Å²) in [6.45, 7) is 0.464. The Morgan fingerprint density at radius 2 is 2.05 bits per heavy atom. The Kier molecular flexibility index (Phi) is 4.71. The second-order valence-corrected chi connectivity index (χ2v) is 6.13. The average molecular weight is 279 g/mol. The fourth-order valence-corrected chi connectivity index (χ4v) is 3.46. The van der Waals surface area contributed by atoms with Crippen LogP contribution in [0.2, 0.25) is 0 Å². The number of rotatable bonds is 4. The van der Waals surface area contributed by atoms with Gasteiger partial charge < -0.3 is 10.6 Å². The summed E-state index contributed by atoms with van der Waals surface area (Å²) in [7, 11) is 3.84. The topological polar surface area (TPSA) is 49.6 Å². The van der Waals surface area contributed by atoms with Gasteiger partial charge >= 0.3 is 0 Å². The van der Waals surface area contributed by atoms with Crippen LogP contribution in [-0.2, 0) is 4.79 Å². The van der Waals surface area contributed by atoms with Gasteiger partial charge in [0.25, 0.3) is 0 Å². The Hall–Kier alpha value is -1.20. The smallest absolute Gasteiger partial charge is 0.240 e. The van der Waals surface area contributed by atoms with Gasteiger partial charge in [0.2, 0.25) is 5.91 Å². The molecule has 5 heteroatoms. The Balaban J connectivity index is 1.93. The molecule has 1 fully saturated rings. The maximum atomic E-state index is 12.2. The number of thioether (sulfide) groups is 1. The summed E-state index contributed by atoms with van der Waals surface area (Å²) in [5.41, 5.74) is 7.25. The van der Waals surface area contributed by atoms with Crippen LogP contribution in [0.15, 0.2) is 24.3 Å². The van der Waals surface area contributed by atoms with E-state index in [0.717, 1.165) is 11.4 Å². The van der Waals surface area contributed by atoms with E-state index >= 15 is 0 Å². The zero-order valence-corrected chi connectivity index (χ0v) is 12.3. The van der Waals surface area contributed by atoms with Crippen molar-refractivity contribution in [1.29, 1.82) is 0 Å². The molecule has 19 heavy (non-hydrogen) atoms. The summed E-state index contributed by atoms with van der Waals surface area (Å²) < 4.78 is 0. The molecule has 0 bridgehead atoms. The van der Waals surface area contributed by atoms with E-state index in [9.17, 15) is 4.79 Å². The molecule has 2 rings (SSSR count). The number of hydrogen-bond acceptors (Lipinski definition) is 4. The molecule has 0 radical (unpaired) electrons. The Bertz CT molecular complexity index is 429. The van der Waals surface area contributed by atoms with Crippen molar-refractivity contribution in [2.24, 2.45) is 0 Å². The molecule has 4 nitrogen and oxygen atoms in total. The molecule has 0 spiro atoms. The summed E-state index contributed by atoms with van der Waals surface area (Å²) in [4.78, 5) is 16.1. The molecule has 1 aromatic carbocycles. The number of nitrogens with zero attached hydrogens (tertiary/aromatic N) is 2. The molecular weight excluding hydrogens is 258 g/mol. The first-order valence-electron chi connectivity index (χ1n) is 6.48. The molecule has 0 aromatic heterocycles. The molecule has 1 aliphatic heterocycles. The number of nitrogen functional groups attached to an aromatic ring is 1. The highest BCUT2D eigenvalue weighted by molar-refractivity contribution is 7.99. The number of anilines is 2. The fourth-order valence-electron chi connectivity index (χ4n) is 2.16. The number of hydrogen-bond donors (Lipinski definition) is 1. The number of benzene rings is 1. The molecule has 2 N–H and O–H groups in total. The summed E-state index contributed by atoms with van der Waals surface area (Å²) in [6, 6.07) is 7.92. The molecule has 1 unspecified atom stereocenters. The van der Waals surface area contributed by atoms with Crippen LogP contribution >= 0.6 is 11.8 Å². The van der Waals surface area contributed by atoms with E-state index in [-0.39, 0.29) is 5.91 Å². The van der Waals surface area contributed by atoms with Gasteiger partial charge in [-0.2, -0.15) is 11.8 Å². The molecule has 1 saturated heterocycles. The van der Waals surface area contributed by atoms with Gasteiger partial charge in [0.1, 0.15) is 0 Å². The highest BCUT2D eigenvalue weighted by Gasteiger charge is 2.23. The van der Waals surface area contributed by atoms with Gasteiger partial charge in [0.05, 0.1) is 6.54 Å². The van der Waals surface area contributed by atoms with Crippen molar-refractivity contribution >= 4 is 29.0 Å². The van der Waals surface area contributed by atoms with Gasteiger partial charge in [-0.05, 0) is 43.5 Å². The van der Waals surface area contributed by atoms with Crippen molar-refractivity contribution in [3.05, 3.63) is 24.3 Å². The standard InChI is InChI=1S/C14H21N3OS/c1-16(13-7-8-19-10-13)9-14(18)17(2)12-5-3-11(15)4-6-12/h3-6,13H,7-10,15H2,1-2H3. The van der Waals surface area contributed by atoms with Crippen LogP contribution in [0.4, 0.5) is 11.4 Å². The maximum absolute atomic E-state index is 12.2. The molecule has 1 atom stereocenters. The normalized spacial score (nSPS) is 18.8. The predicted octanol–water partition coefficient (Wildman–Crippen LogP) is 1.67. The number of carbonyl (C=O) groups excluding carboxylic acids is 1. The highest BCUT2D eigenvalue weighted by Crippen LogP contribution is 2.21. The van der Waals surface area contributed by atoms with Gasteiger partial charge in [0.15, 0.2) is 0 Å². The zero-order chi connectivity index (χ0) is 13.8. The third-order valence-corrected chi connectivity index (χ3v) is 4.71. The Labute approximate surface area is 118 Å². The van der Waals surface area contributed by atoms with Crippen molar-refractivity contribution in [2.45, 2.75) is 12.5 Å². The van der Waals surface area contributed by atoms with Crippen LogP contribution in [0.1, 0.15) is 6.42 Å². The quantitative estimate of drug-likeness (QED) is 0.852. The number of nitrogens with two attached hydrogens (primary N) is 1. The molecule has 1 aliphatic rings. The van der Waals surface area contributed by atoms with E-state index in [0.29, 0.717) is 18.3 Å². The minimum atomic E-state index is 0.115. The van der Waals surface area contributed by atoms with Gasteiger partial charge in [-0.25, -0.2) is 0 Å². The van der Waals surface area contributed by atoms with Gasteiger partial charge in [-0.15, -0.1) is 0 Å². The van der Waals surface area contributed by atoms with E-state index in [1.165, 1.54) is 12.2 Å². The summed E-state index contributed by atoms with van der Waals surface area (Å²) in [5.74, 6) is 2.45. The first kappa shape index (κ1) is 14.2. The van der Waals surface area contributed by atoms with E-state index in [1.54, 1.807) is 4.90 Å². The van der Waals surface area contributed by atoms with Gasteiger partial charge in [0, 0.05) is 30.2 Å². The second-order valence-electron chi connectivity index (χ2n) is 4.98. The van der Waals surface area contributed by atoms with Crippen molar-refractivity contribution < 1.29 is 4.79 Å². The molecule has 1 amide bonds. The first-order valence-corrected chi connectivity index (χ1v) is 7.63. The van der Waals surface area contributed by atoms with Crippen LogP contribution in [0.25, 0.3) is 0 Å². The van der Waals surface area contributed by atoms with Crippen molar-refractivity contribution in [3.63, 3.8) is 0 Å². The number of amides is 1. The molecule has 1 heterocycles. The Morgan fingerprint density at radius 3 is 2.63 bits per heavy atom. The minimum Gasteiger partial charge on any atom is -0.399 e. The summed E-state index contributed by atoms with van der Waals surface area (Å²) >= 11 is 1.96. The van der Waals surface area contributed by atoms with Crippen LogP contribution in [0, 0.1) is 0 Å². The minimum absolute atomic E-state index is 0.115. The van der Waals surface area contributed by atoms with Crippen LogP contribution in [0.5, 0.6) is 0 Å². The maximum Gasteiger partial charge on any atom is 0.240 e. The zero-order valence-electron chi connectivity index (χ0n) is 11.5. The second kappa shape index (κ2) is 6.30.